The first-order valence-electron chi connectivity index (χ1n) is 6.86. The van der Waals surface area contributed by atoms with E-state index in [9.17, 15) is 8.42 Å². The molecule has 0 saturated heterocycles. The van der Waals surface area contributed by atoms with Gasteiger partial charge in [0.2, 0.25) is 0 Å². The van der Waals surface area contributed by atoms with Crippen molar-refractivity contribution in [2.75, 3.05) is 18.4 Å². The van der Waals surface area contributed by atoms with Gasteiger partial charge in [-0.15, -0.1) is 0 Å². The zero-order chi connectivity index (χ0) is 16.2. The van der Waals surface area contributed by atoms with Crippen LogP contribution in [-0.4, -0.2) is 22.1 Å². The van der Waals surface area contributed by atoms with E-state index in [0.717, 1.165) is 5.56 Å². The number of anilines is 1. The van der Waals surface area contributed by atoms with Crippen LogP contribution < -0.4 is 14.2 Å². The fourth-order valence-electron chi connectivity index (χ4n) is 2.05. The molecule has 22 heavy (non-hydrogen) atoms. The van der Waals surface area contributed by atoms with Crippen LogP contribution in [0.1, 0.15) is 12.5 Å². The molecule has 0 atom stereocenters. The summed E-state index contributed by atoms with van der Waals surface area (Å²) < 4.78 is 37.9. The Bertz CT molecular complexity index is 756. The smallest absolute Gasteiger partial charge is 0.261 e. The molecule has 2 rings (SSSR count). The molecule has 0 saturated carbocycles. The van der Waals surface area contributed by atoms with Gasteiger partial charge in [-0.05, 0) is 49.7 Å². The van der Waals surface area contributed by atoms with Crippen molar-refractivity contribution in [1.82, 2.24) is 0 Å². The van der Waals surface area contributed by atoms with Gasteiger partial charge in [0, 0.05) is 6.07 Å². The highest BCUT2D eigenvalue weighted by Gasteiger charge is 2.15. The lowest BCUT2D eigenvalue weighted by Crippen LogP contribution is -2.13. The van der Waals surface area contributed by atoms with Crippen LogP contribution in [-0.2, 0) is 10.0 Å². The maximum absolute atomic E-state index is 12.4. The van der Waals surface area contributed by atoms with Gasteiger partial charge in [-0.25, -0.2) is 8.42 Å². The summed E-state index contributed by atoms with van der Waals surface area (Å²) in [6.07, 6.45) is 0. The SMILES string of the molecule is CCOc1cccc(NS(=O)(=O)c2ccc(OC)c(C)c2)c1. The first kappa shape index (κ1) is 16.2. The molecule has 0 aliphatic carbocycles. The molecule has 0 fully saturated rings. The molecule has 0 aliphatic rings. The number of rotatable bonds is 6. The molecule has 0 amide bonds. The van der Waals surface area contributed by atoms with E-state index < -0.39 is 10.0 Å². The largest absolute Gasteiger partial charge is 0.496 e. The molecule has 0 spiro atoms. The monoisotopic (exact) mass is 321 g/mol. The van der Waals surface area contributed by atoms with Gasteiger partial charge in [-0.3, -0.25) is 4.72 Å². The second-order valence-corrected chi connectivity index (χ2v) is 6.38. The summed E-state index contributed by atoms with van der Waals surface area (Å²) in [6, 6.07) is 11.6. The minimum absolute atomic E-state index is 0.188. The van der Waals surface area contributed by atoms with Crippen molar-refractivity contribution < 1.29 is 17.9 Å². The molecule has 0 bridgehead atoms. The molecule has 0 aromatic heterocycles. The standard InChI is InChI=1S/C16H19NO4S/c1-4-21-14-7-5-6-13(11-14)17-22(18,19)15-8-9-16(20-3)12(2)10-15/h5-11,17H,4H2,1-3H3. The first-order chi connectivity index (χ1) is 10.5. The van der Waals surface area contributed by atoms with Crippen molar-refractivity contribution >= 4 is 15.7 Å². The topological polar surface area (TPSA) is 64.6 Å². The van der Waals surface area contributed by atoms with Gasteiger partial charge in [0.1, 0.15) is 11.5 Å². The Hall–Kier alpha value is -2.21. The highest BCUT2D eigenvalue weighted by Crippen LogP contribution is 2.24. The highest BCUT2D eigenvalue weighted by molar-refractivity contribution is 7.92. The second-order valence-electron chi connectivity index (χ2n) is 4.70. The molecule has 1 N–H and O–H groups in total. The normalized spacial score (nSPS) is 11.0. The van der Waals surface area contributed by atoms with E-state index in [1.54, 1.807) is 50.4 Å². The van der Waals surface area contributed by atoms with Crippen LogP contribution in [0.25, 0.3) is 0 Å². The fourth-order valence-corrected chi connectivity index (χ4v) is 3.18. The number of hydrogen-bond donors (Lipinski definition) is 1. The summed E-state index contributed by atoms with van der Waals surface area (Å²) in [5.74, 6) is 1.27. The predicted molar refractivity (Wildman–Crippen MR) is 86.2 cm³/mol. The summed E-state index contributed by atoms with van der Waals surface area (Å²) >= 11 is 0. The second kappa shape index (κ2) is 6.70. The van der Waals surface area contributed by atoms with Crippen LogP contribution in [0.3, 0.4) is 0 Å². The van der Waals surface area contributed by atoms with E-state index in [1.807, 2.05) is 6.92 Å². The molecule has 0 radical (unpaired) electrons. The molecule has 6 heteroatoms. The van der Waals surface area contributed by atoms with E-state index in [-0.39, 0.29) is 4.90 Å². The first-order valence-corrected chi connectivity index (χ1v) is 8.35. The van der Waals surface area contributed by atoms with Crippen molar-refractivity contribution in [2.24, 2.45) is 0 Å². The van der Waals surface area contributed by atoms with Crippen molar-refractivity contribution in [3.63, 3.8) is 0 Å². The van der Waals surface area contributed by atoms with E-state index >= 15 is 0 Å². The molecular formula is C16H19NO4S. The number of ether oxygens (including phenoxy) is 2. The van der Waals surface area contributed by atoms with Gasteiger partial charge < -0.3 is 9.47 Å². The van der Waals surface area contributed by atoms with Gasteiger partial charge >= 0.3 is 0 Å². The van der Waals surface area contributed by atoms with Crippen molar-refractivity contribution in [2.45, 2.75) is 18.7 Å². The summed E-state index contributed by atoms with van der Waals surface area (Å²) in [4.78, 5) is 0.188. The number of methoxy groups -OCH3 is 1. The molecule has 0 unspecified atom stereocenters. The fraction of sp³-hybridized carbons (Fsp3) is 0.250. The van der Waals surface area contributed by atoms with Crippen LogP contribution >= 0.6 is 0 Å². The highest BCUT2D eigenvalue weighted by atomic mass is 32.2. The molecule has 0 heterocycles. The minimum atomic E-state index is -3.65. The Labute approximate surface area is 130 Å². The molecule has 118 valence electrons. The summed E-state index contributed by atoms with van der Waals surface area (Å²) in [5, 5.41) is 0. The zero-order valence-electron chi connectivity index (χ0n) is 12.8. The number of sulfonamides is 1. The van der Waals surface area contributed by atoms with Crippen molar-refractivity contribution in [3.8, 4) is 11.5 Å². The third-order valence-electron chi connectivity index (χ3n) is 3.07. The molecule has 2 aromatic rings. The van der Waals surface area contributed by atoms with E-state index in [1.165, 1.54) is 6.07 Å². The van der Waals surface area contributed by atoms with Gasteiger partial charge in [0.25, 0.3) is 10.0 Å². The molecule has 5 nitrogen and oxygen atoms in total. The lowest BCUT2D eigenvalue weighted by atomic mass is 10.2. The summed E-state index contributed by atoms with van der Waals surface area (Å²) in [7, 11) is -2.10. The van der Waals surface area contributed by atoms with Crippen molar-refractivity contribution in [3.05, 3.63) is 48.0 Å². The summed E-state index contributed by atoms with van der Waals surface area (Å²) in [5.41, 5.74) is 1.22. The van der Waals surface area contributed by atoms with Gasteiger partial charge in [-0.1, -0.05) is 6.07 Å². The lowest BCUT2D eigenvalue weighted by molar-refractivity contribution is 0.340. The number of benzene rings is 2. The Morgan fingerprint density at radius 3 is 2.55 bits per heavy atom. The van der Waals surface area contributed by atoms with E-state index in [0.29, 0.717) is 23.8 Å². The van der Waals surface area contributed by atoms with Crippen molar-refractivity contribution in [1.29, 1.82) is 0 Å². The third kappa shape index (κ3) is 3.71. The lowest BCUT2D eigenvalue weighted by Gasteiger charge is -2.11. The zero-order valence-corrected chi connectivity index (χ0v) is 13.6. The number of nitrogens with one attached hydrogen (secondary N) is 1. The Morgan fingerprint density at radius 1 is 1.14 bits per heavy atom. The third-order valence-corrected chi connectivity index (χ3v) is 4.45. The number of hydrogen-bond acceptors (Lipinski definition) is 4. The summed E-state index contributed by atoms with van der Waals surface area (Å²) in [6.45, 7) is 4.19. The Balaban J connectivity index is 2.27. The van der Waals surface area contributed by atoms with Gasteiger partial charge in [0.15, 0.2) is 0 Å². The van der Waals surface area contributed by atoms with Crippen LogP contribution in [0.5, 0.6) is 11.5 Å². The maximum Gasteiger partial charge on any atom is 0.261 e. The average molecular weight is 321 g/mol. The Kier molecular flexibility index (Phi) is 4.92. The van der Waals surface area contributed by atoms with Crippen LogP contribution in [0.15, 0.2) is 47.4 Å². The van der Waals surface area contributed by atoms with Gasteiger partial charge in [-0.2, -0.15) is 0 Å². The van der Waals surface area contributed by atoms with Crippen LogP contribution in [0.2, 0.25) is 0 Å². The quantitative estimate of drug-likeness (QED) is 0.887. The molecule has 0 aliphatic heterocycles. The maximum atomic E-state index is 12.4. The van der Waals surface area contributed by atoms with E-state index in [2.05, 4.69) is 4.72 Å². The predicted octanol–water partition coefficient (Wildman–Crippen LogP) is 3.20. The molecular weight excluding hydrogens is 302 g/mol. The van der Waals surface area contributed by atoms with Crippen LogP contribution in [0.4, 0.5) is 5.69 Å². The minimum Gasteiger partial charge on any atom is -0.496 e. The van der Waals surface area contributed by atoms with Gasteiger partial charge in [0.05, 0.1) is 24.3 Å². The van der Waals surface area contributed by atoms with E-state index in [4.69, 9.17) is 9.47 Å². The Morgan fingerprint density at radius 2 is 1.91 bits per heavy atom. The van der Waals surface area contributed by atoms with Crippen LogP contribution in [0, 0.1) is 6.92 Å². The molecule has 2 aromatic carbocycles. The average Bonchev–Trinajstić information content (AvgIpc) is 2.47. The number of aryl methyl sites for hydroxylation is 1.